The van der Waals surface area contributed by atoms with Crippen LogP contribution in [0.4, 0.5) is 4.39 Å². The average Bonchev–Trinajstić information content (AvgIpc) is 2.38. The highest BCUT2D eigenvalue weighted by Gasteiger charge is 2.03. The Morgan fingerprint density at radius 2 is 1.74 bits per heavy atom. The van der Waals surface area contributed by atoms with Crippen molar-refractivity contribution in [3.8, 4) is 11.1 Å². The Kier molecular flexibility index (Phi) is 4.33. The topological polar surface area (TPSA) is 12.0 Å². The van der Waals surface area contributed by atoms with Crippen LogP contribution in [0.5, 0.6) is 0 Å². The Hall–Kier alpha value is -1.67. The summed E-state index contributed by atoms with van der Waals surface area (Å²) in [7, 11) is 1.97. The third-order valence-corrected chi connectivity index (χ3v) is 3.36. The molecule has 2 rings (SSSR count). The van der Waals surface area contributed by atoms with Gasteiger partial charge >= 0.3 is 0 Å². The Balaban J connectivity index is 2.22. The van der Waals surface area contributed by atoms with E-state index in [4.69, 9.17) is 0 Å². The van der Waals surface area contributed by atoms with Crippen molar-refractivity contribution in [3.05, 3.63) is 59.4 Å². The molecule has 0 saturated heterocycles. The lowest BCUT2D eigenvalue weighted by atomic mass is 10.00. The molecule has 0 bridgehead atoms. The number of hydrogen-bond donors (Lipinski definition) is 1. The van der Waals surface area contributed by atoms with Crippen LogP contribution in [0.3, 0.4) is 0 Å². The molecule has 2 heteroatoms. The van der Waals surface area contributed by atoms with E-state index in [9.17, 15) is 4.39 Å². The second-order valence-corrected chi connectivity index (χ2v) is 5.11. The Labute approximate surface area is 114 Å². The van der Waals surface area contributed by atoms with E-state index >= 15 is 0 Å². The first-order valence-electron chi connectivity index (χ1n) is 6.62. The zero-order valence-corrected chi connectivity index (χ0v) is 11.7. The molecule has 2 aromatic rings. The quantitative estimate of drug-likeness (QED) is 0.874. The van der Waals surface area contributed by atoms with Crippen LogP contribution in [0.1, 0.15) is 18.1 Å². The van der Waals surface area contributed by atoms with Crippen LogP contribution in [0.2, 0.25) is 0 Å². The molecular formula is C17H20FN. The van der Waals surface area contributed by atoms with E-state index in [2.05, 4.69) is 36.5 Å². The molecule has 0 aromatic heterocycles. The van der Waals surface area contributed by atoms with Crippen molar-refractivity contribution in [2.24, 2.45) is 0 Å². The highest BCUT2D eigenvalue weighted by atomic mass is 19.1. The van der Waals surface area contributed by atoms with Gasteiger partial charge in [0, 0.05) is 6.04 Å². The smallest absolute Gasteiger partial charge is 0.124 e. The molecule has 0 spiro atoms. The third kappa shape index (κ3) is 3.65. The zero-order chi connectivity index (χ0) is 13.8. The Morgan fingerprint density at radius 1 is 1.05 bits per heavy atom. The first-order chi connectivity index (χ1) is 9.08. The van der Waals surface area contributed by atoms with E-state index in [0.717, 1.165) is 23.1 Å². The second kappa shape index (κ2) is 5.98. The van der Waals surface area contributed by atoms with Crippen LogP contribution in [0.15, 0.2) is 42.5 Å². The van der Waals surface area contributed by atoms with E-state index in [0.29, 0.717) is 6.04 Å². The Bertz CT molecular complexity index is 525. The summed E-state index contributed by atoms with van der Waals surface area (Å²) in [6.45, 7) is 4.07. The standard InChI is InChI=1S/C17H20FN/c1-12-8-16(11-17(18)9-12)15-6-4-14(5-7-15)10-13(2)19-3/h4-9,11,13,19H,10H2,1-3H3. The predicted octanol–water partition coefficient (Wildman–Crippen LogP) is 3.95. The van der Waals surface area contributed by atoms with E-state index in [1.165, 1.54) is 5.56 Å². The van der Waals surface area contributed by atoms with Crippen LogP contribution < -0.4 is 5.32 Å². The van der Waals surface area contributed by atoms with Gasteiger partial charge in [-0.05, 0) is 61.7 Å². The number of likely N-dealkylation sites (N-methyl/N-ethyl adjacent to an activating group) is 1. The minimum atomic E-state index is -0.178. The maximum atomic E-state index is 13.4. The summed E-state index contributed by atoms with van der Waals surface area (Å²) >= 11 is 0. The van der Waals surface area contributed by atoms with Gasteiger partial charge in [-0.3, -0.25) is 0 Å². The molecule has 0 saturated carbocycles. The maximum Gasteiger partial charge on any atom is 0.124 e. The summed E-state index contributed by atoms with van der Waals surface area (Å²) in [5.74, 6) is -0.178. The number of nitrogens with one attached hydrogen (secondary N) is 1. The minimum Gasteiger partial charge on any atom is -0.317 e. The first kappa shape index (κ1) is 13.8. The molecule has 1 N–H and O–H groups in total. The monoisotopic (exact) mass is 257 g/mol. The van der Waals surface area contributed by atoms with Gasteiger partial charge in [-0.1, -0.05) is 30.3 Å². The summed E-state index contributed by atoms with van der Waals surface area (Å²) < 4.78 is 13.4. The number of benzene rings is 2. The lowest BCUT2D eigenvalue weighted by Crippen LogP contribution is -2.23. The lowest BCUT2D eigenvalue weighted by Gasteiger charge is -2.10. The molecule has 1 nitrogen and oxygen atoms in total. The van der Waals surface area contributed by atoms with Gasteiger partial charge in [0.25, 0.3) is 0 Å². The summed E-state index contributed by atoms with van der Waals surface area (Å²) in [6.07, 6.45) is 0.999. The van der Waals surface area contributed by atoms with Crippen molar-refractivity contribution in [2.45, 2.75) is 26.3 Å². The van der Waals surface area contributed by atoms with Gasteiger partial charge < -0.3 is 5.32 Å². The molecule has 19 heavy (non-hydrogen) atoms. The normalized spacial score (nSPS) is 12.4. The van der Waals surface area contributed by atoms with Gasteiger partial charge in [-0.15, -0.1) is 0 Å². The summed E-state index contributed by atoms with van der Waals surface area (Å²) in [4.78, 5) is 0. The van der Waals surface area contributed by atoms with Gasteiger partial charge in [-0.25, -0.2) is 4.39 Å². The number of hydrogen-bond acceptors (Lipinski definition) is 1. The predicted molar refractivity (Wildman–Crippen MR) is 78.8 cm³/mol. The summed E-state index contributed by atoms with van der Waals surface area (Å²) in [5.41, 5.74) is 4.23. The molecule has 1 unspecified atom stereocenters. The number of rotatable bonds is 4. The highest BCUT2D eigenvalue weighted by Crippen LogP contribution is 2.22. The molecule has 0 aliphatic heterocycles. The van der Waals surface area contributed by atoms with E-state index in [1.54, 1.807) is 12.1 Å². The zero-order valence-electron chi connectivity index (χ0n) is 11.7. The van der Waals surface area contributed by atoms with E-state index in [-0.39, 0.29) is 5.82 Å². The van der Waals surface area contributed by atoms with E-state index in [1.807, 2.05) is 20.0 Å². The van der Waals surface area contributed by atoms with Gasteiger partial charge in [0.2, 0.25) is 0 Å². The van der Waals surface area contributed by atoms with Crippen molar-refractivity contribution in [3.63, 3.8) is 0 Å². The van der Waals surface area contributed by atoms with Crippen LogP contribution in [-0.4, -0.2) is 13.1 Å². The lowest BCUT2D eigenvalue weighted by molar-refractivity contribution is 0.608. The molecule has 2 aromatic carbocycles. The highest BCUT2D eigenvalue weighted by molar-refractivity contribution is 5.64. The third-order valence-electron chi connectivity index (χ3n) is 3.36. The molecule has 1 atom stereocenters. The summed E-state index contributed by atoms with van der Waals surface area (Å²) in [6, 6.07) is 14.0. The fourth-order valence-electron chi connectivity index (χ4n) is 2.19. The van der Waals surface area contributed by atoms with Gasteiger partial charge in [0.1, 0.15) is 5.82 Å². The fraction of sp³-hybridized carbons (Fsp3) is 0.294. The van der Waals surface area contributed by atoms with E-state index < -0.39 is 0 Å². The van der Waals surface area contributed by atoms with Crippen LogP contribution in [0.25, 0.3) is 11.1 Å². The number of halogens is 1. The minimum absolute atomic E-state index is 0.178. The summed E-state index contributed by atoms with van der Waals surface area (Å²) in [5, 5.41) is 3.23. The number of aryl methyl sites for hydroxylation is 1. The van der Waals surface area contributed by atoms with Crippen molar-refractivity contribution in [1.82, 2.24) is 5.32 Å². The fourth-order valence-corrected chi connectivity index (χ4v) is 2.19. The molecule has 0 radical (unpaired) electrons. The molecule has 100 valence electrons. The molecule has 0 fully saturated rings. The molecule has 0 aliphatic rings. The molecular weight excluding hydrogens is 237 g/mol. The van der Waals surface area contributed by atoms with Gasteiger partial charge in [0.15, 0.2) is 0 Å². The second-order valence-electron chi connectivity index (χ2n) is 5.11. The van der Waals surface area contributed by atoms with Crippen LogP contribution >= 0.6 is 0 Å². The van der Waals surface area contributed by atoms with Crippen molar-refractivity contribution in [1.29, 1.82) is 0 Å². The molecule has 0 aliphatic carbocycles. The molecule has 0 amide bonds. The van der Waals surface area contributed by atoms with Crippen LogP contribution in [0, 0.1) is 12.7 Å². The average molecular weight is 257 g/mol. The first-order valence-corrected chi connectivity index (χ1v) is 6.62. The SMILES string of the molecule is CNC(C)Cc1ccc(-c2cc(C)cc(F)c2)cc1. The van der Waals surface area contributed by atoms with Gasteiger partial charge in [0.05, 0.1) is 0 Å². The Morgan fingerprint density at radius 3 is 2.32 bits per heavy atom. The van der Waals surface area contributed by atoms with Crippen LogP contribution in [-0.2, 0) is 6.42 Å². The largest absolute Gasteiger partial charge is 0.317 e. The molecule has 0 heterocycles. The maximum absolute atomic E-state index is 13.4. The van der Waals surface area contributed by atoms with Crippen molar-refractivity contribution >= 4 is 0 Å². The van der Waals surface area contributed by atoms with Crippen molar-refractivity contribution in [2.75, 3.05) is 7.05 Å². The van der Waals surface area contributed by atoms with Gasteiger partial charge in [-0.2, -0.15) is 0 Å². The van der Waals surface area contributed by atoms with Crippen molar-refractivity contribution < 1.29 is 4.39 Å².